The molecule has 66 heavy (non-hydrogen) atoms. The molecule has 8 nitrogen and oxygen atoms in total. The van der Waals surface area contributed by atoms with Crippen LogP contribution in [0.15, 0.2) is 137 Å². The number of allylic oxidation sites excluding steroid dienone is 7. The Hall–Kier alpha value is -5.99. The molecule has 0 spiro atoms. The molecule has 0 aromatic heterocycles. The van der Waals surface area contributed by atoms with E-state index in [4.69, 9.17) is 17.0 Å². The van der Waals surface area contributed by atoms with E-state index in [9.17, 15) is 13.0 Å². The summed E-state index contributed by atoms with van der Waals surface area (Å²) in [6.45, 7) is 20.4. The summed E-state index contributed by atoms with van der Waals surface area (Å²) in [7, 11) is -4.34. The first kappa shape index (κ1) is 46.5. The lowest BCUT2D eigenvalue weighted by Crippen LogP contribution is -2.36. The first-order valence-electron chi connectivity index (χ1n) is 23.1. The molecule has 340 valence electrons. The van der Waals surface area contributed by atoms with Crippen molar-refractivity contribution in [2.24, 2.45) is 0 Å². The van der Waals surface area contributed by atoms with Gasteiger partial charge in [0.25, 0.3) is 10.1 Å². The molecule has 0 bridgehead atoms. The zero-order valence-corrected chi connectivity index (χ0v) is 41.1. The third kappa shape index (κ3) is 8.97. The smallest absolute Gasteiger partial charge is 0.294 e. The second kappa shape index (κ2) is 18.7. The van der Waals surface area contributed by atoms with E-state index in [0.29, 0.717) is 18.2 Å². The number of benzene rings is 5. The van der Waals surface area contributed by atoms with Crippen molar-refractivity contribution < 1.29 is 22.3 Å². The summed E-state index contributed by atoms with van der Waals surface area (Å²) in [5, 5.41) is 11.3. The number of nitrogens with one attached hydrogen (secondary N) is 2. The number of ether oxygens (including phenoxy) is 1. The number of rotatable bonds is 12. The number of fused-ring (bicyclic) bond motifs is 6. The third-order valence-electron chi connectivity index (χ3n) is 13.5. The van der Waals surface area contributed by atoms with E-state index in [1.807, 2.05) is 19.1 Å². The van der Waals surface area contributed by atoms with Gasteiger partial charge in [-0.25, -0.2) is 0 Å². The molecule has 0 amide bonds. The molecule has 3 aliphatic rings. The molecular weight excluding hydrogens is 857 g/mol. The van der Waals surface area contributed by atoms with E-state index in [-0.39, 0.29) is 10.3 Å². The van der Waals surface area contributed by atoms with Crippen LogP contribution in [0.25, 0.3) is 21.5 Å². The highest BCUT2D eigenvalue weighted by Gasteiger charge is 2.45. The second-order valence-electron chi connectivity index (χ2n) is 18.4. The molecule has 0 radical (unpaired) electrons. The molecule has 0 saturated carbocycles. The number of aryl methyl sites for hydroxylation is 1. The lowest BCUT2D eigenvalue weighted by molar-refractivity contribution is -0.433. The summed E-state index contributed by atoms with van der Waals surface area (Å²) in [5.41, 5.74) is 11.4. The maximum atomic E-state index is 12.1. The monoisotopic (exact) mass is 917 g/mol. The van der Waals surface area contributed by atoms with Crippen LogP contribution >= 0.6 is 12.2 Å². The molecule has 0 unspecified atom stereocenters. The van der Waals surface area contributed by atoms with Crippen LogP contribution in [0.3, 0.4) is 0 Å². The Morgan fingerprint density at radius 1 is 0.879 bits per heavy atom. The molecule has 1 aliphatic carbocycles. The SMILES string of the molecule is CC#CCNC(=S)NCCc1ccc(OC2=C(/C=C/C3=[N+](CC)c4ccc5cc(S(=O)(=O)O)ccc5c4C3(C)C)CCC/C2=C\C=C2\N(CC)c3ccc4cc(C)ccc4c3C2(C)C)cc1. The molecular formula is C56H61N4O4S2+. The largest absolute Gasteiger partial charge is 0.457 e. The van der Waals surface area contributed by atoms with Gasteiger partial charge in [0.2, 0.25) is 5.69 Å². The standard InChI is InChI=1S/C56H60N4O4S2/c1-9-12-33-57-54(65)58-34-32-38-17-23-43(24-18-38)64-53-39(21-30-49-55(5,6)51-45-26-16-37(4)35-41(45)19-28-47(51)59(49)10-2)14-13-15-40(53)22-31-50-56(7,8)52-46-27-25-44(66(61,62)63)36-42(46)20-29-48(52)60(50)11-3/h16-31,35-36H,10-11,13-15,32-34H2,1-8H3,(H2-,57,58,61,62,63,65)/p+1. The minimum Gasteiger partial charge on any atom is -0.457 e. The fraction of sp³-hybridized carbons (Fsp3) is 0.321. The zero-order valence-electron chi connectivity index (χ0n) is 39.4. The maximum Gasteiger partial charge on any atom is 0.294 e. The van der Waals surface area contributed by atoms with Crippen LogP contribution in [0.4, 0.5) is 11.4 Å². The van der Waals surface area contributed by atoms with Crippen molar-refractivity contribution in [1.29, 1.82) is 0 Å². The lowest BCUT2D eigenvalue weighted by Gasteiger charge is -2.27. The molecule has 10 heteroatoms. The predicted octanol–water partition coefficient (Wildman–Crippen LogP) is 11.7. The molecule has 2 heterocycles. The van der Waals surface area contributed by atoms with Crippen LogP contribution < -0.4 is 20.3 Å². The van der Waals surface area contributed by atoms with Crippen molar-refractivity contribution >= 4 is 66.1 Å². The average molecular weight is 918 g/mol. The van der Waals surface area contributed by atoms with Crippen molar-refractivity contribution in [2.45, 2.75) is 96.8 Å². The molecule has 3 N–H and O–H groups in total. The zero-order chi connectivity index (χ0) is 47.0. The van der Waals surface area contributed by atoms with E-state index in [1.165, 1.54) is 44.9 Å². The van der Waals surface area contributed by atoms with Crippen LogP contribution in [0.2, 0.25) is 0 Å². The van der Waals surface area contributed by atoms with Gasteiger partial charge in [-0.3, -0.25) is 4.55 Å². The molecule has 0 atom stereocenters. The van der Waals surface area contributed by atoms with Gasteiger partial charge >= 0.3 is 0 Å². The Kier molecular flexibility index (Phi) is 13.2. The first-order chi connectivity index (χ1) is 31.6. The molecule has 8 rings (SSSR count). The van der Waals surface area contributed by atoms with Crippen molar-refractivity contribution in [3.8, 4) is 17.6 Å². The van der Waals surface area contributed by atoms with E-state index >= 15 is 0 Å². The summed E-state index contributed by atoms with van der Waals surface area (Å²) >= 11 is 5.41. The van der Waals surface area contributed by atoms with Gasteiger partial charge in [-0.2, -0.15) is 13.0 Å². The van der Waals surface area contributed by atoms with E-state index < -0.39 is 15.5 Å². The number of thiocarbonyl (C=S) groups is 1. The van der Waals surface area contributed by atoms with E-state index in [0.717, 1.165) is 89.2 Å². The molecule has 5 aromatic carbocycles. The highest BCUT2D eigenvalue weighted by molar-refractivity contribution is 7.85. The summed E-state index contributed by atoms with van der Waals surface area (Å²) in [4.78, 5) is 2.36. The molecule has 5 aromatic rings. The minimum atomic E-state index is -4.34. The summed E-state index contributed by atoms with van der Waals surface area (Å²) < 4.78 is 43.3. The molecule has 2 aliphatic heterocycles. The number of hydrogen-bond acceptors (Lipinski definition) is 5. The van der Waals surface area contributed by atoms with Gasteiger partial charge in [-0.1, -0.05) is 73.9 Å². The summed E-state index contributed by atoms with van der Waals surface area (Å²) in [5.74, 6) is 7.51. The van der Waals surface area contributed by atoms with E-state index in [2.05, 4.69) is 165 Å². The number of hydrogen-bond donors (Lipinski definition) is 3. The summed E-state index contributed by atoms with van der Waals surface area (Å²) in [6.07, 6.45) is 12.7. The van der Waals surface area contributed by atoms with Gasteiger partial charge in [-0.15, -0.1) is 5.92 Å². The highest BCUT2D eigenvalue weighted by Crippen LogP contribution is 2.51. The van der Waals surface area contributed by atoms with Gasteiger partial charge in [0.1, 0.15) is 18.1 Å². The fourth-order valence-electron chi connectivity index (χ4n) is 10.3. The first-order valence-corrected chi connectivity index (χ1v) is 24.9. The molecule has 0 saturated heterocycles. The van der Waals surface area contributed by atoms with Gasteiger partial charge in [0.05, 0.1) is 16.9 Å². The normalized spacial score (nSPS) is 17.7. The minimum absolute atomic E-state index is 0.108. The van der Waals surface area contributed by atoms with Gasteiger partial charge in [-0.05, 0) is 172 Å². The number of anilines is 1. The Morgan fingerprint density at radius 3 is 2.33 bits per heavy atom. The van der Waals surface area contributed by atoms with Crippen molar-refractivity contribution in [1.82, 2.24) is 10.6 Å². The Bertz CT molecular complexity index is 3110. The fourth-order valence-corrected chi connectivity index (χ4v) is 11.0. The Balaban J connectivity index is 1.17. The predicted molar refractivity (Wildman–Crippen MR) is 276 cm³/mol. The Labute approximate surface area is 396 Å². The topological polar surface area (TPSA) is 93.9 Å². The van der Waals surface area contributed by atoms with E-state index in [1.54, 1.807) is 6.07 Å². The van der Waals surface area contributed by atoms with Crippen LogP contribution in [0, 0.1) is 18.8 Å². The number of likely N-dealkylation sites (N-methyl/N-ethyl adjacent to an activating group) is 1. The van der Waals surface area contributed by atoms with Crippen LogP contribution in [-0.4, -0.2) is 54.5 Å². The van der Waals surface area contributed by atoms with Crippen LogP contribution in [0.1, 0.15) is 90.0 Å². The van der Waals surface area contributed by atoms with Gasteiger partial charge in [0, 0.05) is 47.6 Å². The maximum absolute atomic E-state index is 12.1. The Morgan fingerprint density at radius 2 is 1.61 bits per heavy atom. The molecule has 0 fully saturated rings. The van der Waals surface area contributed by atoms with Gasteiger partial charge < -0.3 is 20.3 Å². The number of nitrogens with zero attached hydrogens (tertiary/aromatic N) is 2. The van der Waals surface area contributed by atoms with Crippen molar-refractivity contribution in [2.75, 3.05) is 31.1 Å². The van der Waals surface area contributed by atoms with Crippen molar-refractivity contribution in [3.05, 3.63) is 154 Å². The van der Waals surface area contributed by atoms with Crippen molar-refractivity contribution in [3.63, 3.8) is 0 Å². The van der Waals surface area contributed by atoms with Gasteiger partial charge in [0.15, 0.2) is 10.8 Å². The second-order valence-corrected chi connectivity index (χ2v) is 20.3. The summed E-state index contributed by atoms with van der Waals surface area (Å²) in [6, 6.07) is 28.6. The average Bonchev–Trinajstić information content (AvgIpc) is 3.66. The van der Waals surface area contributed by atoms with Crippen LogP contribution in [-0.2, 0) is 27.4 Å². The third-order valence-corrected chi connectivity index (χ3v) is 14.6. The lowest BCUT2D eigenvalue weighted by atomic mass is 9.78. The quantitative estimate of drug-likeness (QED) is 0.0493. The highest BCUT2D eigenvalue weighted by atomic mass is 32.2. The van der Waals surface area contributed by atoms with Crippen LogP contribution in [0.5, 0.6) is 5.75 Å².